The van der Waals surface area contributed by atoms with Crippen LogP contribution in [-0.2, 0) is 21.7 Å². The molecule has 4 radical (unpaired) electrons. The second kappa shape index (κ2) is 64.7. The molecule has 0 atom stereocenters. The van der Waals surface area contributed by atoms with Crippen LogP contribution in [0.3, 0.4) is 0 Å². The van der Waals surface area contributed by atoms with E-state index in [0.29, 0.717) is 0 Å². The van der Waals surface area contributed by atoms with Crippen LogP contribution in [0.15, 0.2) is 0 Å². The van der Waals surface area contributed by atoms with Crippen molar-refractivity contribution in [2.24, 2.45) is 0 Å². The normalized spacial score (nSPS) is 0. The fraction of sp³-hybridized carbons (Fsp3) is 0. The standard InChI is InChI=1S/Ba.Ca.4H2O.Pb.Ti/h;;4*1H2;;/q2*+2;;;;;;/p-4. The average molecular weight is 501 g/mol. The van der Waals surface area contributed by atoms with E-state index in [0.717, 1.165) is 0 Å². The third-order valence-corrected chi connectivity index (χ3v) is 0. The van der Waals surface area contributed by atoms with Gasteiger partial charge in [-0.2, -0.15) is 0 Å². The van der Waals surface area contributed by atoms with Crippen LogP contribution in [0, 0.1) is 0 Å². The van der Waals surface area contributed by atoms with Crippen molar-refractivity contribution in [3.63, 3.8) is 0 Å². The molecule has 0 saturated heterocycles. The van der Waals surface area contributed by atoms with Crippen LogP contribution in [0.25, 0.3) is 0 Å². The predicted octanol–water partition coefficient (Wildman–Crippen LogP) is -1.85. The van der Waals surface area contributed by atoms with Gasteiger partial charge in [-0.25, -0.2) is 0 Å². The Balaban J connectivity index is 0. The van der Waals surface area contributed by atoms with Crippen LogP contribution in [0.2, 0.25) is 0 Å². The second-order valence-electron chi connectivity index (χ2n) is 0. The summed E-state index contributed by atoms with van der Waals surface area (Å²) in [6, 6.07) is 0. The molecular formula is H4BaCaO4PbTi. The van der Waals surface area contributed by atoms with E-state index in [1.165, 1.54) is 0 Å². The van der Waals surface area contributed by atoms with E-state index in [4.69, 9.17) is 0 Å². The summed E-state index contributed by atoms with van der Waals surface area (Å²) >= 11 is 0. The zero-order valence-electron chi connectivity index (χ0n) is 4.20. The SMILES string of the molecule is [Ba+2].[Ca+2].[OH-].[OH-].[OH-].[OH-].[Pb].[Ti]. The van der Waals surface area contributed by atoms with Gasteiger partial charge in [-0.15, -0.1) is 0 Å². The molecule has 0 aliphatic heterocycles. The molecule has 0 aliphatic rings. The summed E-state index contributed by atoms with van der Waals surface area (Å²) in [5.41, 5.74) is 0. The van der Waals surface area contributed by atoms with Gasteiger partial charge < -0.3 is 21.9 Å². The number of hydrogen-bond acceptors (Lipinski definition) is 4. The molecule has 0 amide bonds. The van der Waals surface area contributed by atoms with Gasteiger partial charge in [-0.05, 0) is 0 Å². The Hall–Kier alpha value is 4.31. The zero-order valence-corrected chi connectivity index (χ0v) is 16.3. The summed E-state index contributed by atoms with van der Waals surface area (Å²) < 4.78 is 0. The smallest absolute Gasteiger partial charge is 0.870 e. The summed E-state index contributed by atoms with van der Waals surface area (Å²) in [7, 11) is 0. The molecule has 4 N–H and O–H groups in total. The van der Waals surface area contributed by atoms with E-state index in [-0.39, 0.29) is 158 Å². The molecule has 0 rings (SSSR count). The molecule has 40 valence electrons. The summed E-state index contributed by atoms with van der Waals surface area (Å²) in [6.45, 7) is 0. The molecule has 0 unspecified atom stereocenters. The Morgan fingerprint density at radius 2 is 0.625 bits per heavy atom. The minimum Gasteiger partial charge on any atom is -0.870 e. The topological polar surface area (TPSA) is 120 Å². The van der Waals surface area contributed by atoms with E-state index in [1.807, 2.05) is 0 Å². The molecule has 0 spiro atoms. The predicted molar refractivity (Wildman–Crippen MR) is 25.0 cm³/mol. The van der Waals surface area contributed by atoms with Gasteiger partial charge in [0.1, 0.15) is 0 Å². The first-order valence-corrected chi connectivity index (χ1v) is 0. The Kier molecular flexibility index (Phi) is 686. The molecule has 0 fully saturated rings. The molecule has 4 nitrogen and oxygen atoms in total. The van der Waals surface area contributed by atoms with Crippen LogP contribution in [0.1, 0.15) is 0 Å². The first-order valence-electron chi connectivity index (χ1n) is 0. The Bertz CT molecular complexity index is 16.0. The average Bonchev–Trinajstić information content (AvgIpc) is 0. The molecule has 8 heavy (non-hydrogen) atoms. The molecule has 0 aromatic rings. The van der Waals surface area contributed by atoms with Crippen molar-refractivity contribution >= 4 is 114 Å². The first-order chi connectivity index (χ1) is 0. The minimum absolute atomic E-state index is 0. The molecule has 8 heteroatoms. The van der Waals surface area contributed by atoms with Gasteiger partial charge in [0, 0.05) is 49.0 Å². The third-order valence-electron chi connectivity index (χ3n) is 0. The fourth-order valence-electron chi connectivity index (χ4n) is 0. The summed E-state index contributed by atoms with van der Waals surface area (Å²) in [6.07, 6.45) is 0. The Morgan fingerprint density at radius 3 is 0.625 bits per heavy atom. The zero-order chi connectivity index (χ0) is 0. The van der Waals surface area contributed by atoms with Crippen molar-refractivity contribution in [3.8, 4) is 0 Å². The third kappa shape index (κ3) is 48.1. The van der Waals surface area contributed by atoms with E-state index in [2.05, 4.69) is 0 Å². The van der Waals surface area contributed by atoms with Gasteiger partial charge in [-0.1, -0.05) is 0 Å². The van der Waals surface area contributed by atoms with Gasteiger partial charge >= 0.3 is 86.6 Å². The molecule has 0 saturated carbocycles. The maximum atomic E-state index is 0. The molecular weight excluding hydrogens is 496 g/mol. The van der Waals surface area contributed by atoms with Crippen LogP contribution < -0.4 is 0 Å². The second-order valence-corrected chi connectivity index (χ2v) is 0. The van der Waals surface area contributed by atoms with E-state index < -0.39 is 0 Å². The van der Waals surface area contributed by atoms with Crippen molar-refractivity contribution in [2.45, 2.75) is 0 Å². The fourth-order valence-corrected chi connectivity index (χ4v) is 0. The van der Waals surface area contributed by atoms with E-state index >= 15 is 0 Å². The van der Waals surface area contributed by atoms with Gasteiger partial charge in [-0.3, -0.25) is 0 Å². The maximum absolute atomic E-state index is 0. The van der Waals surface area contributed by atoms with Crippen molar-refractivity contribution in [3.05, 3.63) is 0 Å². The summed E-state index contributed by atoms with van der Waals surface area (Å²) in [5.74, 6) is 0. The quantitative estimate of drug-likeness (QED) is 0.363. The van der Waals surface area contributed by atoms with Crippen LogP contribution in [0.4, 0.5) is 0 Å². The van der Waals surface area contributed by atoms with Crippen LogP contribution in [0.5, 0.6) is 0 Å². The number of rotatable bonds is 0. The Morgan fingerprint density at radius 1 is 0.625 bits per heavy atom. The van der Waals surface area contributed by atoms with Crippen LogP contribution in [-0.4, -0.2) is 136 Å². The molecule has 0 bridgehead atoms. The molecule has 0 aromatic heterocycles. The summed E-state index contributed by atoms with van der Waals surface area (Å²) in [4.78, 5) is 0. The van der Waals surface area contributed by atoms with Gasteiger partial charge in [0.05, 0.1) is 0 Å². The maximum Gasteiger partial charge on any atom is 2.00 e. The first kappa shape index (κ1) is 84.8. The summed E-state index contributed by atoms with van der Waals surface area (Å²) in [5, 5.41) is 0. The largest absolute Gasteiger partial charge is 2.00 e. The Labute approximate surface area is 153 Å². The van der Waals surface area contributed by atoms with Crippen molar-refractivity contribution in [1.82, 2.24) is 0 Å². The molecule has 0 aliphatic carbocycles. The molecule has 0 aromatic carbocycles. The van der Waals surface area contributed by atoms with E-state index in [9.17, 15) is 0 Å². The molecule has 0 heterocycles. The van der Waals surface area contributed by atoms with Crippen molar-refractivity contribution in [2.75, 3.05) is 0 Å². The monoisotopic (exact) mass is 502 g/mol. The van der Waals surface area contributed by atoms with Crippen LogP contribution >= 0.6 is 0 Å². The van der Waals surface area contributed by atoms with Crippen molar-refractivity contribution < 1.29 is 43.6 Å². The minimum atomic E-state index is 0. The van der Waals surface area contributed by atoms with Crippen molar-refractivity contribution in [1.29, 1.82) is 0 Å². The van der Waals surface area contributed by atoms with E-state index in [1.54, 1.807) is 0 Å². The number of hydrogen-bond donors (Lipinski definition) is 0. The van der Waals surface area contributed by atoms with Gasteiger partial charge in [0.25, 0.3) is 0 Å². The van der Waals surface area contributed by atoms with Gasteiger partial charge in [0.15, 0.2) is 0 Å². The van der Waals surface area contributed by atoms with Gasteiger partial charge in [0.2, 0.25) is 0 Å².